The van der Waals surface area contributed by atoms with Crippen molar-refractivity contribution >= 4 is 32.7 Å². The number of hydrogen-bond donors (Lipinski definition) is 1. The highest BCUT2D eigenvalue weighted by atomic mass is 32.1. The Balaban J connectivity index is 1.49. The zero-order valence-corrected chi connectivity index (χ0v) is 15.2. The lowest BCUT2D eigenvalue weighted by atomic mass is 9.90. The number of anilines is 1. The van der Waals surface area contributed by atoms with Gasteiger partial charge in [0.05, 0.1) is 22.9 Å². The van der Waals surface area contributed by atoms with Crippen LogP contribution in [0.3, 0.4) is 0 Å². The van der Waals surface area contributed by atoms with Gasteiger partial charge in [-0.15, -0.1) is 0 Å². The van der Waals surface area contributed by atoms with E-state index in [0.717, 1.165) is 41.3 Å². The Morgan fingerprint density at radius 1 is 1.27 bits per heavy atom. The maximum absolute atomic E-state index is 11.1. The minimum Gasteiger partial charge on any atom is -0.481 e. The van der Waals surface area contributed by atoms with Crippen molar-refractivity contribution in [3.63, 3.8) is 0 Å². The summed E-state index contributed by atoms with van der Waals surface area (Å²) in [6, 6.07) is 9.18. The number of methoxy groups -OCH3 is 1. The number of aromatic nitrogens is 2. The minimum absolute atomic E-state index is 0.304. The van der Waals surface area contributed by atoms with Crippen LogP contribution in [0.4, 0.5) is 5.13 Å². The number of aromatic carboxylic acids is 1. The fourth-order valence-corrected chi connectivity index (χ4v) is 4.43. The molecule has 1 N–H and O–H groups in total. The second kappa shape index (κ2) is 6.92. The lowest BCUT2D eigenvalue weighted by molar-refractivity contribution is 0.0697. The fraction of sp³-hybridized carbons (Fsp3) is 0.316. The maximum Gasteiger partial charge on any atom is 0.335 e. The zero-order valence-electron chi connectivity index (χ0n) is 14.4. The number of piperidine rings is 1. The van der Waals surface area contributed by atoms with Gasteiger partial charge in [0, 0.05) is 25.4 Å². The SMILES string of the molecule is COc1cc(C2CCN(c3nc4ccc(C(=O)O)cc4s3)CC2)ccn1. The quantitative estimate of drug-likeness (QED) is 0.754. The molecule has 0 unspecified atom stereocenters. The van der Waals surface area contributed by atoms with Gasteiger partial charge in [0.25, 0.3) is 0 Å². The fourth-order valence-electron chi connectivity index (χ4n) is 3.38. The van der Waals surface area contributed by atoms with Gasteiger partial charge in [-0.1, -0.05) is 11.3 Å². The van der Waals surface area contributed by atoms with E-state index in [1.165, 1.54) is 5.56 Å². The van der Waals surface area contributed by atoms with Gasteiger partial charge in [0.15, 0.2) is 5.13 Å². The molecule has 3 aromatic rings. The Hall–Kier alpha value is -2.67. The van der Waals surface area contributed by atoms with E-state index < -0.39 is 5.97 Å². The predicted molar refractivity (Wildman–Crippen MR) is 102 cm³/mol. The molecule has 1 fully saturated rings. The smallest absolute Gasteiger partial charge is 0.335 e. The van der Waals surface area contributed by atoms with Crippen molar-refractivity contribution in [2.24, 2.45) is 0 Å². The van der Waals surface area contributed by atoms with Gasteiger partial charge in [0.2, 0.25) is 5.88 Å². The van der Waals surface area contributed by atoms with Crippen molar-refractivity contribution in [1.29, 1.82) is 0 Å². The number of ether oxygens (including phenoxy) is 1. The molecule has 6 nitrogen and oxygen atoms in total. The molecule has 26 heavy (non-hydrogen) atoms. The molecule has 1 aromatic carbocycles. The maximum atomic E-state index is 11.1. The third-order valence-corrected chi connectivity index (χ3v) is 5.91. The van der Waals surface area contributed by atoms with Crippen LogP contribution in [-0.4, -0.2) is 41.2 Å². The van der Waals surface area contributed by atoms with Gasteiger partial charge >= 0.3 is 5.97 Å². The van der Waals surface area contributed by atoms with E-state index in [2.05, 4.69) is 20.9 Å². The van der Waals surface area contributed by atoms with Crippen molar-refractivity contribution in [2.75, 3.05) is 25.1 Å². The molecule has 4 rings (SSSR count). The Labute approximate surface area is 155 Å². The number of nitrogens with zero attached hydrogens (tertiary/aromatic N) is 3. The predicted octanol–water partition coefficient (Wildman–Crippen LogP) is 3.78. The van der Waals surface area contributed by atoms with Crippen molar-refractivity contribution in [1.82, 2.24) is 9.97 Å². The summed E-state index contributed by atoms with van der Waals surface area (Å²) in [4.78, 5) is 22.3. The van der Waals surface area contributed by atoms with E-state index in [0.29, 0.717) is 17.4 Å². The van der Waals surface area contributed by atoms with Gasteiger partial charge < -0.3 is 14.7 Å². The molecule has 134 valence electrons. The number of hydrogen-bond acceptors (Lipinski definition) is 6. The number of rotatable bonds is 4. The summed E-state index contributed by atoms with van der Waals surface area (Å²) in [6.07, 6.45) is 3.89. The third kappa shape index (κ3) is 3.22. The molecule has 3 heterocycles. The molecule has 0 radical (unpaired) electrons. The molecule has 0 saturated carbocycles. The molecule has 0 aliphatic carbocycles. The molecule has 0 atom stereocenters. The van der Waals surface area contributed by atoms with Crippen LogP contribution >= 0.6 is 11.3 Å². The van der Waals surface area contributed by atoms with Crippen LogP contribution in [0, 0.1) is 0 Å². The van der Waals surface area contributed by atoms with Crippen LogP contribution in [0.5, 0.6) is 5.88 Å². The second-order valence-electron chi connectivity index (χ2n) is 6.38. The largest absolute Gasteiger partial charge is 0.481 e. The first-order valence-electron chi connectivity index (χ1n) is 8.53. The first-order valence-corrected chi connectivity index (χ1v) is 9.34. The Morgan fingerprint density at radius 2 is 2.08 bits per heavy atom. The summed E-state index contributed by atoms with van der Waals surface area (Å²) in [7, 11) is 1.64. The highest BCUT2D eigenvalue weighted by molar-refractivity contribution is 7.22. The normalized spacial score (nSPS) is 15.3. The van der Waals surface area contributed by atoms with E-state index in [9.17, 15) is 4.79 Å². The average Bonchev–Trinajstić information content (AvgIpc) is 3.11. The number of carboxylic acid groups (broad SMARTS) is 1. The van der Waals surface area contributed by atoms with Gasteiger partial charge in [-0.2, -0.15) is 0 Å². The van der Waals surface area contributed by atoms with E-state index in [-0.39, 0.29) is 0 Å². The Morgan fingerprint density at radius 3 is 2.81 bits per heavy atom. The summed E-state index contributed by atoms with van der Waals surface area (Å²) >= 11 is 1.56. The first-order chi connectivity index (χ1) is 12.6. The van der Waals surface area contributed by atoms with E-state index >= 15 is 0 Å². The van der Waals surface area contributed by atoms with E-state index in [1.54, 1.807) is 42.8 Å². The van der Waals surface area contributed by atoms with Gasteiger partial charge in [-0.05, 0) is 48.6 Å². The van der Waals surface area contributed by atoms with Gasteiger partial charge in [-0.25, -0.2) is 14.8 Å². The van der Waals surface area contributed by atoms with E-state index in [1.807, 2.05) is 6.07 Å². The molecule has 1 aliphatic rings. The van der Waals surface area contributed by atoms with Crippen molar-refractivity contribution in [2.45, 2.75) is 18.8 Å². The minimum atomic E-state index is -0.907. The Bertz CT molecular complexity index is 948. The number of thiazole rings is 1. The number of fused-ring (bicyclic) bond motifs is 1. The number of carboxylic acids is 1. The lowest BCUT2D eigenvalue weighted by Crippen LogP contribution is -2.32. The molecule has 0 spiro atoms. The van der Waals surface area contributed by atoms with Gasteiger partial charge in [-0.3, -0.25) is 0 Å². The molecule has 1 aliphatic heterocycles. The summed E-state index contributed by atoms with van der Waals surface area (Å²) < 4.78 is 6.14. The lowest BCUT2D eigenvalue weighted by Gasteiger charge is -2.32. The number of pyridine rings is 1. The van der Waals surface area contributed by atoms with Crippen LogP contribution in [0.25, 0.3) is 10.2 Å². The van der Waals surface area contributed by atoms with Crippen LogP contribution in [-0.2, 0) is 0 Å². The number of carbonyl (C=O) groups is 1. The standard InChI is InChI=1S/C19H19N3O3S/c1-25-17-11-13(4-7-20-17)12-5-8-22(9-6-12)19-21-15-3-2-14(18(23)24)10-16(15)26-19/h2-4,7,10-12H,5-6,8-9H2,1H3,(H,23,24). The molecule has 0 amide bonds. The molecule has 1 saturated heterocycles. The summed E-state index contributed by atoms with van der Waals surface area (Å²) in [5, 5.41) is 10.1. The van der Waals surface area contributed by atoms with Crippen molar-refractivity contribution in [3.05, 3.63) is 47.7 Å². The second-order valence-corrected chi connectivity index (χ2v) is 7.39. The van der Waals surface area contributed by atoms with Crippen LogP contribution in [0.15, 0.2) is 36.5 Å². The highest BCUT2D eigenvalue weighted by Gasteiger charge is 2.23. The monoisotopic (exact) mass is 369 g/mol. The average molecular weight is 369 g/mol. The van der Waals surface area contributed by atoms with Crippen molar-refractivity contribution in [3.8, 4) is 5.88 Å². The summed E-state index contributed by atoms with van der Waals surface area (Å²) in [5.41, 5.74) is 2.43. The summed E-state index contributed by atoms with van der Waals surface area (Å²) in [5.74, 6) is 0.247. The number of benzene rings is 1. The molecule has 2 aromatic heterocycles. The Kier molecular flexibility index (Phi) is 4.46. The molecule has 7 heteroatoms. The van der Waals surface area contributed by atoms with Crippen LogP contribution < -0.4 is 9.64 Å². The van der Waals surface area contributed by atoms with Gasteiger partial charge in [0.1, 0.15) is 0 Å². The van der Waals surface area contributed by atoms with Crippen LogP contribution in [0.2, 0.25) is 0 Å². The third-order valence-electron chi connectivity index (χ3n) is 4.83. The molecule has 0 bridgehead atoms. The molecular formula is C19H19N3O3S. The zero-order chi connectivity index (χ0) is 18.1. The topological polar surface area (TPSA) is 75.5 Å². The van der Waals surface area contributed by atoms with Crippen molar-refractivity contribution < 1.29 is 14.6 Å². The first kappa shape index (κ1) is 16.8. The van der Waals surface area contributed by atoms with E-state index in [4.69, 9.17) is 9.84 Å². The highest BCUT2D eigenvalue weighted by Crippen LogP contribution is 2.35. The summed E-state index contributed by atoms with van der Waals surface area (Å²) in [6.45, 7) is 1.86. The van der Waals surface area contributed by atoms with Crippen LogP contribution in [0.1, 0.15) is 34.7 Å². The molecular weight excluding hydrogens is 350 g/mol.